The zero-order valence-corrected chi connectivity index (χ0v) is 28.1. The SMILES string of the molecule is C=c1[nH]c2c(C(=O)NC3=CCC(NC(=O)/C(C#N)=C/C4CC4)CC3)sc3nccc(c32)n1-c1ccc(Oc2ccccc2)cc1C.CC. The lowest BCUT2D eigenvalue weighted by Gasteiger charge is -2.23. The van der Waals surface area contributed by atoms with Crippen LogP contribution >= 0.6 is 11.3 Å². The number of nitriles is 1. The number of aromatic amines is 1. The molecule has 2 aliphatic rings. The van der Waals surface area contributed by atoms with E-state index in [-0.39, 0.29) is 23.4 Å². The summed E-state index contributed by atoms with van der Waals surface area (Å²) < 4.78 is 8.08. The van der Waals surface area contributed by atoms with Crippen LogP contribution in [0, 0.1) is 24.2 Å². The van der Waals surface area contributed by atoms with E-state index in [0.29, 0.717) is 41.1 Å². The highest BCUT2D eigenvalue weighted by Crippen LogP contribution is 2.35. The molecule has 9 nitrogen and oxygen atoms in total. The van der Waals surface area contributed by atoms with Crippen molar-refractivity contribution in [3.63, 3.8) is 0 Å². The van der Waals surface area contributed by atoms with Crippen LogP contribution in [-0.4, -0.2) is 32.4 Å². The first-order valence-electron chi connectivity index (χ1n) is 16.3. The van der Waals surface area contributed by atoms with Crippen LogP contribution in [0.25, 0.3) is 33.5 Å². The Hall–Kier alpha value is -5.40. The van der Waals surface area contributed by atoms with Crippen molar-refractivity contribution in [1.29, 1.82) is 5.26 Å². The Morgan fingerprint density at radius 1 is 1.12 bits per heavy atom. The largest absolute Gasteiger partial charge is 0.457 e. The number of hydrogen-bond donors (Lipinski definition) is 3. The normalized spacial score (nSPS) is 16.0. The van der Waals surface area contributed by atoms with E-state index in [1.807, 2.05) is 92.1 Å². The number of carbonyl (C=O) groups is 2. The number of rotatable bonds is 8. The Bertz CT molecular complexity index is 2160. The number of nitrogens with one attached hydrogen (secondary N) is 3. The van der Waals surface area contributed by atoms with E-state index in [2.05, 4.69) is 27.2 Å². The van der Waals surface area contributed by atoms with Gasteiger partial charge in [0.2, 0.25) is 0 Å². The quantitative estimate of drug-likeness (QED) is 0.117. The van der Waals surface area contributed by atoms with Crippen LogP contribution in [0.2, 0.25) is 0 Å². The van der Waals surface area contributed by atoms with Crippen LogP contribution in [0.1, 0.15) is 61.2 Å². The van der Waals surface area contributed by atoms with Crippen molar-refractivity contribution in [2.24, 2.45) is 5.92 Å². The van der Waals surface area contributed by atoms with E-state index in [0.717, 1.165) is 57.0 Å². The third kappa shape index (κ3) is 6.82. The fraction of sp³-hybridized carbons (Fsp3) is 0.263. The number of para-hydroxylation sites is 1. The number of carbonyl (C=O) groups excluding carboxylic acids is 2. The van der Waals surface area contributed by atoms with Crippen LogP contribution < -0.4 is 20.9 Å². The van der Waals surface area contributed by atoms with Crippen molar-refractivity contribution in [2.45, 2.75) is 58.9 Å². The molecule has 2 aromatic carbocycles. The van der Waals surface area contributed by atoms with Crippen LogP contribution in [0.4, 0.5) is 0 Å². The van der Waals surface area contributed by atoms with Gasteiger partial charge in [-0.2, -0.15) is 5.26 Å². The van der Waals surface area contributed by atoms with Crippen molar-refractivity contribution in [3.8, 4) is 23.3 Å². The molecule has 1 unspecified atom stereocenters. The lowest BCUT2D eigenvalue weighted by molar-refractivity contribution is -0.117. The number of allylic oxidation sites excluding steroid dienone is 2. The molecule has 2 amide bonds. The van der Waals surface area contributed by atoms with Gasteiger partial charge < -0.3 is 20.4 Å². The van der Waals surface area contributed by atoms with Gasteiger partial charge in [0.25, 0.3) is 11.8 Å². The number of hydrogen-bond acceptors (Lipinski definition) is 6. The summed E-state index contributed by atoms with van der Waals surface area (Å²) >= 11 is 1.34. The number of aromatic nitrogens is 3. The molecule has 3 N–H and O–H groups in total. The molecule has 3 heterocycles. The number of H-pyrrole nitrogens is 1. The molecule has 0 aliphatic heterocycles. The Morgan fingerprint density at radius 3 is 2.60 bits per heavy atom. The lowest BCUT2D eigenvalue weighted by atomic mass is 9.98. The number of nitrogens with zero attached hydrogens (tertiary/aromatic N) is 3. The predicted octanol–water partition coefficient (Wildman–Crippen LogP) is 7.53. The summed E-state index contributed by atoms with van der Waals surface area (Å²) in [6.45, 7) is 10.4. The molecule has 48 heavy (non-hydrogen) atoms. The molecule has 1 atom stereocenters. The van der Waals surface area contributed by atoms with E-state index < -0.39 is 0 Å². The Morgan fingerprint density at radius 2 is 1.92 bits per heavy atom. The minimum absolute atomic E-state index is 0.0836. The van der Waals surface area contributed by atoms with Gasteiger partial charge in [-0.15, -0.1) is 11.3 Å². The van der Waals surface area contributed by atoms with Gasteiger partial charge in [0.05, 0.1) is 22.1 Å². The summed E-state index contributed by atoms with van der Waals surface area (Å²) in [5, 5.41) is 16.3. The Labute approximate surface area is 283 Å². The van der Waals surface area contributed by atoms with Crippen LogP contribution in [-0.2, 0) is 4.79 Å². The molecule has 1 fully saturated rings. The van der Waals surface area contributed by atoms with Crippen molar-refractivity contribution in [2.75, 3.05) is 0 Å². The Balaban J connectivity index is 0.00000197. The van der Waals surface area contributed by atoms with E-state index in [4.69, 9.17) is 4.74 Å². The van der Waals surface area contributed by atoms with Crippen LogP contribution in [0.5, 0.6) is 11.5 Å². The maximum absolute atomic E-state index is 13.6. The third-order valence-corrected chi connectivity index (χ3v) is 9.45. The average molecular weight is 659 g/mol. The molecule has 7 rings (SSSR count). The second kappa shape index (κ2) is 14.2. The molecule has 0 bridgehead atoms. The minimum Gasteiger partial charge on any atom is -0.457 e. The highest BCUT2D eigenvalue weighted by atomic mass is 32.1. The fourth-order valence-corrected chi connectivity index (χ4v) is 6.88. The summed E-state index contributed by atoms with van der Waals surface area (Å²) in [4.78, 5) is 35.4. The number of pyridine rings is 1. The van der Waals surface area contributed by atoms with E-state index in [9.17, 15) is 14.9 Å². The molecule has 0 radical (unpaired) electrons. The van der Waals surface area contributed by atoms with Crippen LogP contribution in [0.15, 0.2) is 84.2 Å². The first-order valence-corrected chi connectivity index (χ1v) is 17.1. The summed E-state index contributed by atoms with van der Waals surface area (Å²) in [5.74, 6) is 1.32. The van der Waals surface area contributed by atoms with Gasteiger partial charge in [-0.1, -0.05) is 50.8 Å². The van der Waals surface area contributed by atoms with Crippen molar-refractivity contribution in [3.05, 3.63) is 100 Å². The minimum atomic E-state index is -0.319. The monoisotopic (exact) mass is 658 g/mol. The summed E-state index contributed by atoms with van der Waals surface area (Å²) in [6.07, 6.45) is 9.40. The molecule has 5 aromatic rings. The van der Waals surface area contributed by atoms with Gasteiger partial charge in [-0.25, -0.2) is 4.98 Å². The van der Waals surface area contributed by atoms with E-state index in [1.165, 1.54) is 11.3 Å². The number of benzene rings is 2. The molecule has 2 aliphatic carbocycles. The second-order valence-electron chi connectivity index (χ2n) is 11.7. The van der Waals surface area contributed by atoms with Gasteiger partial charge in [0, 0.05) is 17.9 Å². The van der Waals surface area contributed by atoms with Crippen molar-refractivity contribution < 1.29 is 14.3 Å². The number of thiophene rings is 1. The summed E-state index contributed by atoms with van der Waals surface area (Å²) in [5.41, 5.74) is 5.14. The lowest BCUT2D eigenvalue weighted by Crippen LogP contribution is -2.37. The number of ether oxygens (including phenoxy) is 1. The van der Waals surface area contributed by atoms with Gasteiger partial charge in [0.15, 0.2) is 0 Å². The van der Waals surface area contributed by atoms with Crippen molar-refractivity contribution in [1.82, 2.24) is 25.2 Å². The smallest absolute Gasteiger partial charge is 0.267 e. The third-order valence-electron chi connectivity index (χ3n) is 8.35. The van der Waals surface area contributed by atoms with Gasteiger partial charge in [-0.05, 0) is 86.9 Å². The molecule has 1 saturated carbocycles. The van der Waals surface area contributed by atoms with Gasteiger partial charge >= 0.3 is 0 Å². The second-order valence-corrected chi connectivity index (χ2v) is 12.7. The van der Waals surface area contributed by atoms with E-state index in [1.54, 1.807) is 12.3 Å². The maximum atomic E-state index is 13.6. The molecule has 0 saturated heterocycles. The van der Waals surface area contributed by atoms with Crippen molar-refractivity contribution >= 4 is 51.0 Å². The first-order chi connectivity index (χ1) is 23.4. The number of aryl methyl sites for hydroxylation is 1. The fourth-order valence-electron chi connectivity index (χ4n) is 5.87. The molecule has 244 valence electrons. The number of amides is 2. The van der Waals surface area contributed by atoms with Gasteiger partial charge in [-0.3, -0.25) is 14.2 Å². The molecule has 10 heteroatoms. The highest BCUT2D eigenvalue weighted by Gasteiger charge is 2.25. The first kappa shape index (κ1) is 32.5. The topological polar surface area (TPSA) is 125 Å². The molecule has 3 aromatic heterocycles. The highest BCUT2D eigenvalue weighted by molar-refractivity contribution is 7.21. The standard InChI is InChI=1S/C36H32N6O3S.C2H6/c1-21-18-28(45-27-6-4-3-5-7-27)14-15-29(21)42-22(2)39-32-31-30(42)16-17-38-36(31)46-33(32)35(44)41-26-12-10-25(11-13-26)40-34(43)24(20-37)19-23-8-9-23;1-2/h3-7,12,14-19,23,25,39H,2,8-11,13H2,1H3,(H,40,43)(H,41,44);1-2H3/b24-19+;. The molecular weight excluding hydrogens is 621 g/mol. The van der Waals surface area contributed by atoms with Crippen LogP contribution in [0.3, 0.4) is 0 Å². The van der Waals surface area contributed by atoms with Gasteiger partial charge in [0.1, 0.15) is 38.3 Å². The Kier molecular flexibility index (Phi) is 9.60. The zero-order valence-electron chi connectivity index (χ0n) is 27.3. The van der Waals surface area contributed by atoms with E-state index >= 15 is 0 Å². The average Bonchev–Trinajstić information content (AvgIpc) is 3.85. The summed E-state index contributed by atoms with van der Waals surface area (Å²) in [7, 11) is 0. The molecular formula is C38H38N6O3S. The molecule has 0 spiro atoms. The zero-order chi connectivity index (χ0) is 33.8. The summed E-state index contributed by atoms with van der Waals surface area (Å²) in [6, 6.07) is 19.5. The maximum Gasteiger partial charge on any atom is 0.267 e. The predicted molar refractivity (Wildman–Crippen MR) is 191 cm³/mol.